The second-order valence-corrected chi connectivity index (χ2v) is 6.91. The summed E-state index contributed by atoms with van der Waals surface area (Å²) in [5.41, 5.74) is 0.384. The zero-order chi connectivity index (χ0) is 11.1. The molecule has 0 aromatic heterocycles. The van der Waals surface area contributed by atoms with Gasteiger partial charge in [-0.2, -0.15) is 0 Å². The van der Waals surface area contributed by atoms with E-state index in [0.717, 1.165) is 18.4 Å². The Bertz CT molecular complexity index is 293. The predicted octanol–water partition coefficient (Wildman–Crippen LogP) is 2.15. The number of allylic oxidation sites excluding steroid dienone is 1. The average Bonchev–Trinajstić information content (AvgIpc) is 2.19. The first-order chi connectivity index (χ1) is 7.07. The van der Waals surface area contributed by atoms with E-state index in [-0.39, 0.29) is 10.5 Å². The van der Waals surface area contributed by atoms with Crippen molar-refractivity contribution >= 4 is 10.8 Å². The summed E-state index contributed by atoms with van der Waals surface area (Å²) < 4.78 is 12.0. The van der Waals surface area contributed by atoms with Gasteiger partial charge < -0.3 is 5.11 Å². The third-order valence-corrected chi connectivity index (χ3v) is 6.13. The highest BCUT2D eigenvalue weighted by atomic mass is 32.2. The van der Waals surface area contributed by atoms with E-state index in [1.807, 2.05) is 19.9 Å². The summed E-state index contributed by atoms with van der Waals surface area (Å²) in [4.78, 5) is 0. The molecule has 86 valence electrons. The molecule has 0 radical (unpaired) electrons. The third kappa shape index (κ3) is 1.92. The van der Waals surface area contributed by atoms with Crippen molar-refractivity contribution < 1.29 is 9.32 Å². The highest BCUT2D eigenvalue weighted by Crippen LogP contribution is 2.42. The lowest BCUT2D eigenvalue weighted by molar-refractivity contribution is 0.0466. The van der Waals surface area contributed by atoms with E-state index in [1.165, 1.54) is 6.42 Å². The molecule has 2 nitrogen and oxygen atoms in total. The smallest absolute Gasteiger partial charge is 0.0876 e. The Morgan fingerprint density at radius 2 is 1.93 bits per heavy atom. The van der Waals surface area contributed by atoms with E-state index >= 15 is 0 Å². The molecule has 15 heavy (non-hydrogen) atoms. The molecule has 0 aromatic carbocycles. The van der Waals surface area contributed by atoms with Crippen LogP contribution in [0.1, 0.15) is 46.0 Å². The molecule has 2 saturated heterocycles. The van der Waals surface area contributed by atoms with Crippen LogP contribution < -0.4 is 0 Å². The number of fused-ring (bicyclic) bond motifs is 2. The van der Waals surface area contributed by atoms with Gasteiger partial charge in [-0.25, -0.2) is 0 Å². The summed E-state index contributed by atoms with van der Waals surface area (Å²) in [5, 5.41) is 11.0. The molecule has 2 fully saturated rings. The quantitative estimate of drug-likeness (QED) is 0.698. The third-order valence-electron chi connectivity index (χ3n) is 4.01. The Morgan fingerprint density at radius 1 is 1.40 bits per heavy atom. The average molecular weight is 228 g/mol. The van der Waals surface area contributed by atoms with Crippen LogP contribution in [0.25, 0.3) is 0 Å². The lowest BCUT2D eigenvalue weighted by Crippen LogP contribution is -2.49. The van der Waals surface area contributed by atoms with Crippen LogP contribution in [0.3, 0.4) is 0 Å². The minimum Gasteiger partial charge on any atom is -0.385 e. The minimum atomic E-state index is -0.688. The van der Waals surface area contributed by atoms with Crippen LogP contribution in [-0.2, 0) is 10.8 Å². The molecular formula is C12H20O2S. The van der Waals surface area contributed by atoms with Gasteiger partial charge in [0.1, 0.15) is 0 Å². The monoisotopic (exact) mass is 228 g/mol. The Hall–Kier alpha value is -0.150. The van der Waals surface area contributed by atoms with Gasteiger partial charge in [0, 0.05) is 21.3 Å². The fourth-order valence-electron chi connectivity index (χ4n) is 2.87. The number of hydrogen-bond donors (Lipinski definition) is 1. The molecule has 2 aliphatic rings. The van der Waals surface area contributed by atoms with Crippen molar-refractivity contribution in [1.82, 2.24) is 0 Å². The molecule has 0 spiro atoms. The lowest BCUT2D eigenvalue weighted by Gasteiger charge is -2.44. The number of hydrogen-bond acceptors (Lipinski definition) is 2. The van der Waals surface area contributed by atoms with Gasteiger partial charge in [0.2, 0.25) is 0 Å². The van der Waals surface area contributed by atoms with E-state index in [9.17, 15) is 9.32 Å². The van der Waals surface area contributed by atoms with Gasteiger partial charge in [-0.3, -0.25) is 4.21 Å². The topological polar surface area (TPSA) is 37.3 Å². The first-order valence-corrected chi connectivity index (χ1v) is 7.09. The zero-order valence-corrected chi connectivity index (χ0v) is 10.3. The molecular weight excluding hydrogens is 208 g/mol. The zero-order valence-electron chi connectivity index (χ0n) is 9.53. The summed E-state index contributed by atoms with van der Waals surface area (Å²) in [6.45, 7) is 3.96. The highest BCUT2D eigenvalue weighted by molar-refractivity contribution is 7.86. The largest absolute Gasteiger partial charge is 0.385 e. The molecule has 2 bridgehead atoms. The van der Waals surface area contributed by atoms with Crippen molar-refractivity contribution in [2.75, 3.05) is 0 Å². The molecule has 2 heterocycles. The first kappa shape index (κ1) is 11.3. The molecule has 2 aliphatic heterocycles. The van der Waals surface area contributed by atoms with Crippen molar-refractivity contribution in [2.24, 2.45) is 0 Å². The SMILES string of the molecule is CC=C(C)C1(O)CC2CCCC(C1)S2=O. The molecule has 2 rings (SSSR count). The maximum absolute atomic E-state index is 12.0. The Labute approximate surface area is 94.2 Å². The second kappa shape index (κ2) is 4.02. The summed E-state index contributed by atoms with van der Waals surface area (Å²) in [5.74, 6) is 0. The van der Waals surface area contributed by atoms with E-state index < -0.39 is 16.4 Å². The van der Waals surface area contributed by atoms with Crippen LogP contribution in [0.5, 0.6) is 0 Å². The van der Waals surface area contributed by atoms with Crippen molar-refractivity contribution in [3.05, 3.63) is 11.6 Å². The van der Waals surface area contributed by atoms with Crippen LogP contribution in [0.15, 0.2) is 11.6 Å². The molecule has 0 aromatic rings. The Balaban J connectivity index is 2.23. The van der Waals surface area contributed by atoms with Crippen LogP contribution in [-0.4, -0.2) is 25.4 Å². The van der Waals surface area contributed by atoms with Gasteiger partial charge in [-0.15, -0.1) is 0 Å². The summed E-state index contributed by atoms with van der Waals surface area (Å²) in [6, 6.07) is 0. The van der Waals surface area contributed by atoms with E-state index in [4.69, 9.17) is 0 Å². The lowest BCUT2D eigenvalue weighted by atomic mass is 9.81. The van der Waals surface area contributed by atoms with E-state index in [0.29, 0.717) is 12.8 Å². The van der Waals surface area contributed by atoms with Crippen LogP contribution in [0, 0.1) is 0 Å². The standard InChI is InChI=1S/C12H20O2S/c1-3-9(2)12(13)7-10-5-4-6-11(8-12)15(10)14/h3,10-11,13H,4-8H2,1-2H3. The van der Waals surface area contributed by atoms with Gasteiger partial charge in [0.25, 0.3) is 0 Å². The van der Waals surface area contributed by atoms with Crippen molar-refractivity contribution in [1.29, 1.82) is 0 Å². The molecule has 0 aliphatic carbocycles. The summed E-state index contributed by atoms with van der Waals surface area (Å²) in [7, 11) is -0.688. The summed E-state index contributed by atoms with van der Waals surface area (Å²) >= 11 is 0. The molecule has 2 atom stereocenters. The molecule has 1 N–H and O–H groups in total. The normalized spacial score (nSPS) is 46.6. The molecule has 0 amide bonds. The van der Waals surface area contributed by atoms with E-state index in [2.05, 4.69) is 0 Å². The van der Waals surface area contributed by atoms with Gasteiger partial charge in [0.05, 0.1) is 5.60 Å². The number of rotatable bonds is 1. The van der Waals surface area contributed by atoms with Crippen molar-refractivity contribution in [3.63, 3.8) is 0 Å². The maximum atomic E-state index is 12.0. The Kier molecular flexibility index (Phi) is 3.04. The van der Waals surface area contributed by atoms with Gasteiger partial charge in [-0.1, -0.05) is 12.5 Å². The minimum absolute atomic E-state index is 0.234. The molecule has 0 saturated carbocycles. The summed E-state index contributed by atoms with van der Waals surface area (Å²) in [6.07, 6.45) is 6.64. The highest BCUT2D eigenvalue weighted by Gasteiger charge is 2.45. The van der Waals surface area contributed by atoms with Crippen molar-refractivity contribution in [3.8, 4) is 0 Å². The first-order valence-electron chi connectivity index (χ1n) is 5.82. The number of aliphatic hydroxyl groups is 1. The van der Waals surface area contributed by atoms with Gasteiger partial charge >= 0.3 is 0 Å². The van der Waals surface area contributed by atoms with E-state index in [1.54, 1.807) is 0 Å². The van der Waals surface area contributed by atoms with Crippen molar-refractivity contribution in [2.45, 2.75) is 62.1 Å². The van der Waals surface area contributed by atoms with Gasteiger partial charge in [-0.05, 0) is 45.1 Å². The van der Waals surface area contributed by atoms with Gasteiger partial charge in [0.15, 0.2) is 0 Å². The molecule has 3 heteroatoms. The Morgan fingerprint density at radius 3 is 2.40 bits per heavy atom. The van der Waals surface area contributed by atoms with Crippen LogP contribution >= 0.6 is 0 Å². The van der Waals surface area contributed by atoms with Crippen LogP contribution in [0.2, 0.25) is 0 Å². The fraction of sp³-hybridized carbons (Fsp3) is 0.833. The maximum Gasteiger partial charge on any atom is 0.0876 e. The predicted molar refractivity (Wildman–Crippen MR) is 63.2 cm³/mol. The van der Waals surface area contributed by atoms with Crippen LogP contribution in [0.4, 0.5) is 0 Å². The fourth-order valence-corrected chi connectivity index (χ4v) is 5.10. The second-order valence-electron chi connectivity index (χ2n) is 4.91. The molecule has 2 unspecified atom stereocenters.